The Labute approximate surface area is 351 Å². The van der Waals surface area contributed by atoms with E-state index in [1.807, 2.05) is 0 Å². The van der Waals surface area contributed by atoms with Gasteiger partial charge >= 0.3 is 0 Å². The van der Waals surface area contributed by atoms with Gasteiger partial charge in [0.05, 0.1) is 0 Å². The molecule has 0 aromatic rings. The van der Waals surface area contributed by atoms with Gasteiger partial charge in [0.1, 0.15) is 0 Å². The molecule has 326 valence electrons. The minimum Gasteiger partial charge on any atom is -0.179 e. The summed E-state index contributed by atoms with van der Waals surface area (Å²) in [7, 11) is 0. The summed E-state index contributed by atoms with van der Waals surface area (Å²) >= 11 is 4.30. The summed E-state index contributed by atoms with van der Waals surface area (Å²) in [5.74, 6) is 1.07. The highest BCUT2D eigenvalue weighted by Gasteiger charge is 1.99. The van der Waals surface area contributed by atoms with E-state index in [-0.39, 0.29) is 0 Å². The minimum absolute atomic E-state index is 1.07. The number of hydrogen-bond acceptors (Lipinski definition) is 1. The molecule has 0 saturated carbocycles. The lowest BCUT2D eigenvalue weighted by atomic mass is 10.0. The number of thiol groups is 1. The van der Waals surface area contributed by atoms with Gasteiger partial charge in [-0.2, -0.15) is 12.6 Å². The highest BCUT2D eigenvalue weighted by molar-refractivity contribution is 7.80. The van der Waals surface area contributed by atoms with Crippen LogP contribution in [-0.2, 0) is 0 Å². The van der Waals surface area contributed by atoms with Crippen LogP contribution in [0.5, 0.6) is 0 Å². The van der Waals surface area contributed by atoms with Crippen molar-refractivity contribution in [3.8, 4) is 0 Å². The molecule has 1 heteroatoms. The van der Waals surface area contributed by atoms with Crippen LogP contribution >= 0.6 is 12.6 Å². The largest absolute Gasteiger partial charge is 0.179 e. The molecule has 0 rings (SSSR count). The van der Waals surface area contributed by atoms with Crippen molar-refractivity contribution < 1.29 is 0 Å². The van der Waals surface area contributed by atoms with Crippen LogP contribution in [0.1, 0.15) is 334 Å². The van der Waals surface area contributed by atoms with E-state index in [0.29, 0.717) is 0 Å². The second-order valence-corrected chi connectivity index (χ2v) is 18.8. The van der Waals surface area contributed by atoms with Crippen LogP contribution in [0.4, 0.5) is 0 Å². The molecule has 0 saturated heterocycles. The first-order valence-corrected chi connectivity index (χ1v) is 27.2. The van der Waals surface area contributed by atoms with Crippen molar-refractivity contribution in [2.24, 2.45) is 0 Å². The van der Waals surface area contributed by atoms with Gasteiger partial charge in [0.25, 0.3) is 0 Å². The molecule has 0 aromatic heterocycles. The van der Waals surface area contributed by atoms with E-state index in [0.717, 1.165) is 5.75 Å². The summed E-state index contributed by atoms with van der Waals surface area (Å²) in [6.45, 7) is 2.31. The zero-order chi connectivity index (χ0) is 38.8. The third-order valence-corrected chi connectivity index (χ3v) is 13.1. The average molecular weight is 778 g/mol. The third kappa shape index (κ3) is 52.3. The Bertz CT molecular complexity index is 548. The summed E-state index contributed by atoms with van der Waals surface area (Å²) in [6.07, 6.45) is 75.5. The predicted octanol–water partition coefficient (Wildman–Crippen LogP) is 20.8. The maximum atomic E-state index is 4.30. The standard InChI is InChI=1S/C53H108S/c1-2-3-4-5-6-7-8-9-10-11-12-13-14-15-16-17-18-19-20-21-22-23-24-25-26-27-28-29-30-31-32-33-34-35-36-37-38-39-40-41-42-43-44-45-46-47-48-49-50-51-52-53-54/h54H,2-53H2,1H3. The molecule has 0 aliphatic heterocycles. The number of rotatable bonds is 51. The SMILES string of the molecule is CCCCCCCCCCCCCCCCCCCCCCCCCCCCCCCCCCCCCCCCCCCCCCCCCCCCCS. The monoisotopic (exact) mass is 777 g/mol. The van der Waals surface area contributed by atoms with E-state index in [1.165, 1.54) is 327 Å². The van der Waals surface area contributed by atoms with Crippen LogP contribution < -0.4 is 0 Å². The molecule has 0 aromatic carbocycles. The zero-order valence-corrected chi connectivity index (χ0v) is 39.1. The highest BCUT2D eigenvalue weighted by atomic mass is 32.1. The second-order valence-electron chi connectivity index (χ2n) is 18.4. The molecule has 0 spiro atoms. The van der Waals surface area contributed by atoms with E-state index in [4.69, 9.17) is 0 Å². The van der Waals surface area contributed by atoms with Gasteiger partial charge in [-0.3, -0.25) is 0 Å². The molecule has 0 nitrogen and oxygen atoms in total. The number of hydrogen-bond donors (Lipinski definition) is 1. The summed E-state index contributed by atoms with van der Waals surface area (Å²) in [5, 5.41) is 0. The van der Waals surface area contributed by atoms with Gasteiger partial charge in [-0.25, -0.2) is 0 Å². The Hall–Kier alpha value is 0.350. The van der Waals surface area contributed by atoms with E-state index in [2.05, 4.69) is 19.6 Å². The lowest BCUT2D eigenvalue weighted by Gasteiger charge is -2.05. The smallest absolute Gasteiger partial charge is 0.00979 e. The quantitative estimate of drug-likeness (QED) is 0.0462. The van der Waals surface area contributed by atoms with Gasteiger partial charge in [0.2, 0.25) is 0 Å². The summed E-state index contributed by atoms with van der Waals surface area (Å²) < 4.78 is 0. The molecule has 0 radical (unpaired) electrons. The van der Waals surface area contributed by atoms with Gasteiger partial charge in [0.15, 0.2) is 0 Å². The fraction of sp³-hybridized carbons (Fsp3) is 1.00. The molecule has 0 unspecified atom stereocenters. The Kier molecular flexibility index (Phi) is 53.7. The van der Waals surface area contributed by atoms with Crippen molar-refractivity contribution in [1.82, 2.24) is 0 Å². The number of unbranched alkanes of at least 4 members (excludes halogenated alkanes) is 50. The molecule has 0 bridgehead atoms. The minimum atomic E-state index is 1.07. The first kappa shape index (κ1) is 54.3. The van der Waals surface area contributed by atoms with Gasteiger partial charge < -0.3 is 0 Å². The van der Waals surface area contributed by atoms with Crippen LogP contribution in [0.25, 0.3) is 0 Å². The molecular weight excluding hydrogens is 669 g/mol. The topological polar surface area (TPSA) is 0 Å². The van der Waals surface area contributed by atoms with E-state index in [9.17, 15) is 0 Å². The Morgan fingerprint density at radius 3 is 0.333 bits per heavy atom. The summed E-state index contributed by atoms with van der Waals surface area (Å²) in [4.78, 5) is 0. The molecule has 54 heavy (non-hydrogen) atoms. The molecule has 0 amide bonds. The van der Waals surface area contributed by atoms with Gasteiger partial charge in [0, 0.05) is 0 Å². The summed E-state index contributed by atoms with van der Waals surface area (Å²) in [5.41, 5.74) is 0. The zero-order valence-electron chi connectivity index (χ0n) is 38.2. The van der Waals surface area contributed by atoms with E-state index in [1.54, 1.807) is 0 Å². The predicted molar refractivity (Wildman–Crippen MR) is 255 cm³/mol. The van der Waals surface area contributed by atoms with Gasteiger partial charge in [-0.15, -0.1) is 0 Å². The lowest BCUT2D eigenvalue weighted by molar-refractivity contribution is 0.507. The second kappa shape index (κ2) is 53.4. The van der Waals surface area contributed by atoms with Gasteiger partial charge in [-0.1, -0.05) is 328 Å². The molecular formula is C53H108S. The van der Waals surface area contributed by atoms with Crippen LogP contribution in [0.3, 0.4) is 0 Å². The molecule has 0 fully saturated rings. The van der Waals surface area contributed by atoms with Crippen molar-refractivity contribution in [2.75, 3.05) is 5.75 Å². The van der Waals surface area contributed by atoms with Crippen molar-refractivity contribution in [3.63, 3.8) is 0 Å². The van der Waals surface area contributed by atoms with Crippen molar-refractivity contribution in [3.05, 3.63) is 0 Å². The van der Waals surface area contributed by atoms with Gasteiger partial charge in [-0.05, 0) is 12.2 Å². The Morgan fingerprint density at radius 2 is 0.241 bits per heavy atom. The molecule has 0 heterocycles. The highest BCUT2D eigenvalue weighted by Crippen LogP contribution is 2.19. The maximum absolute atomic E-state index is 4.30. The van der Waals surface area contributed by atoms with Crippen LogP contribution in [0.2, 0.25) is 0 Å². The first-order valence-electron chi connectivity index (χ1n) is 26.5. The van der Waals surface area contributed by atoms with Crippen molar-refractivity contribution in [2.45, 2.75) is 334 Å². The molecule has 0 aliphatic rings. The van der Waals surface area contributed by atoms with Crippen molar-refractivity contribution >= 4 is 12.6 Å². The summed E-state index contributed by atoms with van der Waals surface area (Å²) in [6, 6.07) is 0. The van der Waals surface area contributed by atoms with Crippen LogP contribution in [0.15, 0.2) is 0 Å². The molecule has 0 aliphatic carbocycles. The van der Waals surface area contributed by atoms with Crippen molar-refractivity contribution in [1.29, 1.82) is 0 Å². The Morgan fingerprint density at radius 1 is 0.148 bits per heavy atom. The van der Waals surface area contributed by atoms with Crippen LogP contribution in [-0.4, -0.2) is 5.75 Å². The van der Waals surface area contributed by atoms with Crippen LogP contribution in [0, 0.1) is 0 Å². The maximum Gasteiger partial charge on any atom is -0.00979 e. The molecule has 0 atom stereocenters. The lowest BCUT2D eigenvalue weighted by Crippen LogP contribution is -1.85. The third-order valence-electron chi connectivity index (χ3n) is 12.8. The Balaban J connectivity index is 3.05. The molecule has 0 N–H and O–H groups in total. The normalized spacial score (nSPS) is 11.7. The van der Waals surface area contributed by atoms with E-state index < -0.39 is 0 Å². The average Bonchev–Trinajstić information content (AvgIpc) is 3.18. The first-order chi connectivity index (χ1) is 26.9. The fourth-order valence-corrected chi connectivity index (χ4v) is 9.07. The van der Waals surface area contributed by atoms with E-state index >= 15 is 0 Å². The fourth-order valence-electron chi connectivity index (χ4n) is 8.85.